The van der Waals surface area contributed by atoms with Gasteiger partial charge in [-0.1, -0.05) is 18.6 Å². The normalized spacial score (nSPS) is 17.0. The molecule has 0 radical (unpaired) electrons. The molecule has 0 atom stereocenters. The zero-order chi connectivity index (χ0) is 14.8. The summed E-state index contributed by atoms with van der Waals surface area (Å²) in [5, 5.41) is 1.39. The van der Waals surface area contributed by atoms with Crippen molar-refractivity contribution in [1.29, 1.82) is 0 Å². The summed E-state index contributed by atoms with van der Waals surface area (Å²) >= 11 is 0. The van der Waals surface area contributed by atoms with Gasteiger partial charge in [0.1, 0.15) is 0 Å². The molecule has 1 fully saturated rings. The lowest BCUT2D eigenvalue weighted by molar-refractivity contribution is 0.221. The Balaban J connectivity index is 2.03. The maximum Gasteiger partial charge on any atom is 0.0489 e. The molecule has 0 unspecified atom stereocenters. The van der Waals surface area contributed by atoms with Crippen LogP contribution < -0.4 is 5.73 Å². The summed E-state index contributed by atoms with van der Waals surface area (Å²) in [6.45, 7) is 8.65. The van der Waals surface area contributed by atoms with Gasteiger partial charge in [-0.25, -0.2) is 0 Å². The Morgan fingerprint density at radius 2 is 1.86 bits per heavy atom. The van der Waals surface area contributed by atoms with Crippen LogP contribution in [0.1, 0.15) is 50.3 Å². The van der Waals surface area contributed by atoms with Crippen LogP contribution in [0.2, 0.25) is 0 Å². The van der Waals surface area contributed by atoms with Crippen LogP contribution >= 0.6 is 0 Å². The number of nitrogens with zero attached hydrogens (tertiary/aromatic N) is 2. The maximum absolute atomic E-state index is 5.98. The third-order valence-electron chi connectivity index (χ3n) is 4.64. The van der Waals surface area contributed by atoms with Gasteiger partial charge in [0.15, 0.2) is 0 Å². The average molecular weight is 285 g/mol. The fourth-order valence-corrected chi connectivity index (χ4v) is 3.55. The number of aromatic nitrogens is 1. The largest absolute Gasteiger partial charge is 0.345 e. The second-order valence-electron chi connectivity index (χ2n) is 6.51. The molecule has 2 N–H and O–H groups in total. The van der Waals surface area contributed by atoms with E-state index in [1.54, 1.807) is 0 Å². The summed E-state index contributed by atoms with van der Waals surface area (Å²) < 4.78 is 2.40. The fraction of sp³-hybridized carbons (Fsp3) is 0.556. The Hall–Kier alpha value is -1.32. The van der Waals surface area contributed by atoms with Gasteiger partial charge in [-0.3, -0.25) is 4.90 Å². The molecule has 2 aromatic rings. The van der Waals surface area contributed by atoms with E-state index < -0.39 is 0 Å². The Bertz CT molecular complexity index is 606. The lowest BCUT2D eigenvalue weighted by Gasteiger charge is -2.26. The third kappa shape index (κ3) is 2.85. The van der Waals surface area contributed by atoms with Gasteiger partial charge in [-0.2, -0.15) is 0 Å². The van der Waals surface area contributed by atoms with Gasteiger partial charge in [-0.05, 0) is 57.0 Å². The van der Waals surface area contributed by atoms with Crippen molar-refractivity contribution < 1.29 is 0 Å². The molecular formula is C18H27N3. The van der Waals surface area contributed by atoms with Crippen LogP contribution in [-0.4, -0.2) is 22.6 Å². The molecule has 3 rings (SSSR count). The SMILES string of the molecule is CC(C)n1cc(CN2CCCCC2)c2c(CN)cccc21. The van der Waals surface area contributed by atoms with Gasteiger partial charge in [0, 0.05) is 36.2 Å². The Kier molecular flexibility index (Phi) is 4.32. The molecule has 1 saturated heterocycles. The highest BCUT2D eigenvalue weighted by Gasteiger charge is 2.17. The van der Waals surface area contributed by atoms with Gasteiger partial charge in [0.2, 0.25) is 0 Å². The molecule has 3 heteroatoms. The molecule has 3 nitrogen and oxygen atoms in total. The predicted molar refractivity (Wildman–Crippen MR) is 89.3 cm³/mol. The molecule has 0 bridgehead atoms. The molecule has 1 aromatic carbocycles. The smallest absolute Gasteiger partial charge is 0.0489 e. The van der Waals surface area contributed by atoms with E-state index in [1.807, 2.05) is 0 Å². The van der Waals surface area contributed by atoms with Crippen molar-refractivity contribution in [2.45, 2.75) is 52.2 Å². The molecule has 21 heavy (non-hydrogen) atoms. The van der Waals surface area contributed by atoms with Gasteiger partial charge in [0.25, 0.3) is 0 Å². The Labute approximate surface area is 127 Å². The van der Waals surface area contributed by atoms with Gasteiger partial charge in [-0.15, -0.1) is 0 Å². The van der Waals surface area contributed by atoms with E-state index in [0.29, 0.717) is 12.6 Å². The minimum absolute atomic E-state index is 0.482. The summed E-state index contributed by atoms with van der Waals surface area (Å²) in [4.78, 5) is 2.59. The minimum Gasteiger partial charge on any atom is -0.345 e. The lowest BCUT2D eigenvalue weighted by atomic mass is 10.0. The maximum atomic E-state index is 5.98. The Morgan fingerprint density at radius 1 is 1.10 bits per heavy atom. The quantitative estimate of drug-likeness (QED) is 0.930. The number of likely N-dealkylation sites (tertiary alicyclic amines) is 1. The summed E-state index contributed by atoms with van der Waals surface area (Å²) in [5.41, 5.74) is 10.0. The highest BCUT2D eigenvalue weighted by Crippen LogP contribution is 2.29. The molecule has 1 aliphatic heterocycles. The van der Waals surface area contributed by atoms with Crippen molar-refractivity contribution in [2.24, 2.45) is 5.73 Å². The molecule has 0 saturated carbocycles. The van der Waals surface area contributed by atoms with E-state index in [4.69, 9.17) is 5.73 Å². The minimum atomic E-state index is 0.482. The zero-order valence-electron chi connectivity index (χ0n) is 13.3. The van der Waals surface area contributed by atoms with E-state index in [0.717, 1.165) is 6.54 Å². The third-order valence-corrected chi connectivity index (χ3v) is 4.64. The molecule has 0 spiro atoms. The number of piperidine rings is 1. The zero-order valence-corrected chi connectivity index (χ0v) is 13.3. The summed E-state index contributed by atoms with van der Waals surface area (Å²) in [6, 6.07) is 7.02. The molecule has 0 aliphatic carbocycles. The van der Waals surface area contributed by atoms with E-state index in [9.17, 15) is 0 Å². The first kappa shape index (κ1) is 14.6. The summed E-state index contributed by atoms with van der Waals surface area (Å²) in [5.74, 6) is 0. The average Bonchev–Trinajstić information content (AvgIpc) is 2.87. The van der Waals surface area contributed by atoms with Crippen LogP contribution in [0.4, 0.5) is 0 Å². The molecule has 2 heterocycles. The molecule has 1 aliphatic rings. The monoisotopic (exact) mass is 285 g/mol. The van der Waals surface area contributed by atoms with E-state index in [-0.39, 0.29) is 0 Å². The standard InChI is InChI=1S/C18H27N3/c1-14(2)21-13-16(12-20-9-4-3-5-10-20)18-15(11-19)7-6-8-17(18)21/h6-8,13-14H,3-5,9-12,19H2,1-2H3. The second-order valence-corrected chi connectivity index (χ2v) is 6.51. The van der Waals surface area contributed by atoms with Crippen LogP contribution in [0.5, 0.6) is 0 Å². The number of hydrogen-bond donors (Lipinski definition) is 1. The van der Waals surface area contributed by atoms with Crippen molar-refractivity contribution >= 4 is 10.9 Å². The summed E-state index contributed by atoms with van der Waals surface area (Å²) in [7, 11) is 0. The van der Waals surface area contributed by atoms with Crippen molar-refractivity contribution in [3.8, 4) is 0 Å². The van der Waals surface area contributed by atoms with Crippen LogP contribution in [0, 0.1) is 0 Å². The van der Waals surface area contributed by atoms with E-state index in [1.165, 1.54) is 54.4 Å². The molecule has 0 amide bonds. The Morgan fingerprint density at radius 3 is 2.52 bits per heavy atom. The van der Waals surface area contributed by atoms with Crippen molar-refractivity contribution in [1.82, 2.24) is 9.47 Å². The van der Waals surface area contributed by atoms with E-state index >= 15 is 0 Å². The number of benzene rings is 1. The molecule has 1 aromatic heterocycles. The van der Waals surface area contributed by atoms with Crippen molar-refractivity contribution in [3.63, 3.8) is 0 Å². The number of hydrogen-bond acceptors (Lipinski definition) is 2. The highest BCUT2D eigenvalue weighted by molar-refractivity contribution is 5.87. The number of fused-ring (bicyclic) bond motifs is 1. The van der Waals surface area contributed by atoms with Crippen LogP contribution in [0.3, 0.4) is 0 Å². The van der Waals surface area contributed by atoms with E-state index in [2.05, 4.69) is 47.7 Å². The van der Waals surface area contributed by atoms with Crippen molar-refractivity contribution in [3.05, 3.63) is 35.5 Å². The van der Waals surface area contributed by atoms with Crippen LogP contribution in [0.25, 0.3) is 10.9 Å². The van der Waals surface area contributed by atoms with Gasteiger partial charge < -0.3 is 10.3 Å². The first-order valence-electron chi connectivity index (χ1n) is 8.24. The lowest BCUT2D eigenvalue weighted by Crippen LogP contribution is -2.29. The van der Waals surface area contributed by atoms with Crippen molar-refractivity contribution in [2.75, 3.05) is 13.1 Å². The van der Waals surface area contributed by atoms with Crippen LogP contribution in [-0.2, 0) is 13.1 Å². The summed E-state index contributed by atoms with van der Waals surface area (Å²) in [6.07, 6.45) is 6.42. The first-order valence-corrected chi connectivity index (χ1v) is 8.24. The number of rotatable bonds is 4. The second kappa shape index (κ2) is 6.20. The first-order chi connectivity index (χ1) is 10.2. The van der Waals surface area contributed by atoms with Crippen LogP contribution in [0.15, 0.2) is 24.4 Å². The predicted octanol–water partition coefficient (Wildman–Crippen LogP) is 3.67. The molecule has 114 valence electrons. The fourth-order valence-electron chi connectivity index (χ4n) is 3.55. The highest BCUT2D eigenvalue weighted by atomic mass is 15.1. The van der Waals surface area contributed by atoms with Gasteiger partial charge in [0.05, 0.1) is 0 Å². The topological polar surface area (TPSA) is 34.2 Å². The molecular weight excluding hydrogens is 258 g/mol. The number of nitrogens with two attached hydrogens (primary N) is 1. The van der Waals surface area contributed by atoms with Gasteiger partial charge >= 0.3 is 0 Å².